The predicted octanol–water partition coefficient (Wildman–Crippen LogP) is 2.35. The third kappa shape index (κ3) is 2.48. The third-order valence-corrected chi connectivity index (χ3v) is 3.90. The molecule has 0 saturated heterocycles. The second-order valence-electron chi connectivity index (χ2n) is 5.00. The number of hydrogen-bond donors (Lipinski definition) is 2. The van der Waals surface area contributed by atoms with Crippen LogP contribution in [-0.2, 0) is 21.6 Å². The van der Waals surface area contributed by atoms with Crippen LogP contribution >= 0.6 is 11.6 Å². The van der Waals surface area contributed by atoms with Crippen molar-refractivity contribution in [3.05, 3.63) is 34.3 Å². The molecule has 1 aromatic rings. The molecular weight excluding hydrogens is 268 g/mol. The summed E-state index contributed by atoms with van der Waals surface area (Å²) in [5.41, 5.74) is 0.153. The largest absolute Gasteiger partial charge is 0.479 e. The van der Waals surface area contributed by atoms with Crippen molar-refractivity contribution in [2.45, 2.75) is 44.5 Å². The monoisotopic (exact) mass is 284 g/mol. The minimum Gasteiger partial charge on any atom is -0.479 e. The highest BCUT2D eigenvalue weighted by molar-refractivity contribution is 6.30. The van der Waals surface area contributed by atoms with Crippen LogP contribution in [-0.4, -0.2) is 28.4 Å². The molecule has 0 radical (unpaired) electrons. The number of benzene rings is 1. The number of carboxylic acid groups (broad SMARTS) is 1. The molecule has 3 unspecified atom stereocenters. The molecule has 104 valence electrons. The fraction of sp³-hybridized carbons (Fsp3) is 0.500. The molecule has 0 saturated carbocycles. The fourth-order valence-electron chi connectivity index (χ4n) is 2.42. The second kappa shape index (κ2) is 5.12. The lowest BCUT2D eigenvalue weighted by Crippen LogP contribution is -2.42. The van der Waals surface area contributed by atoms with E-state index in [0.29, 0.717) is 23.4 Å². The van der Waals surface area contributed by atoms with Crippen LogP contribution in [0.15, 0.2) is 18.2 Å². The number of rotatable bonds is 4. The van der Waals surface area contributed by atoms with Crippen molar-refractivity contribution >= 4 is 17.6 Å². The number of halogens is 1. The molecule has 19 heavy (non-hydrogen) atoms. The van der Waals surface area contributed by atoms with Gasteiger partial charge in [0.25, 0.3) is 0 Å². The van der Waals surface area contributed by atoms with E-state index < -0.39 is 23.8 Å². The summed E-state index contributed by atoms with van der Waals surface area (Å²) in [5.74, 6) is -1.03. The summed E-state index contributed by atoms with van der Waals surface area (Å²) in [4.78, 5) is 11.7. The Morgan fingerprint density at radius 1 is 1.47 bits per heavy atom. The van der Waals surface area contributed by atoms with Gasteiger partial charge in [-0.05, 0) is 49.9 Å². The highest BCUT2D eigenvalue weighted by atomic mass is 35.5. The SMILES string of the molecule is CC(O)C(C)OC1(C(=O)O)CCc2cc(Cl)ccc21. The van der Waals surface area contributed by atoms with Gasteiger partial charge in [-0.1, -0.05) is 17.7 Å². The van der Waals surface area contributed by atoms with Crippen LogP contribution in [0.3, 0.4) is 0 Å². The standard InChI is InChI=1S/C14H17ClO4/c1-8(16)9(2)19-14(13(17)18)6-5-10-7-11(15)3-4-12(10)14/h3-4,7-9,16H,5-6H2,1-2H3,(H,17,18). The van der Waals surface area contributed by atoms with Gasteiger partial charge in [-0.3, -0.25) is 0 Å². The topological polar surface area (TPSA) is 66.8 Å². The van der Waals surface area contributed by atoms with Crippen LogP contribution in [0, 0.1) is 0 Å². The van der Waals surface area contributed by atoms with Gasteiger partial charge >= 0.3 is 5.97 Å². The summed E-state index contributed by atoms with van der Waals surface area (Å²) in [5, 5.41) is 19.7. The predicted molar refractivity (Wildman–Crippen MR) is 71.3 cm³/mol. The van der Waals surface area contributed by atoms with Crippen LogP contribution in [0.1, 0.15) is 31.4 Å². The van der Waals surface area contributed by atoms with Gasteiger partial charge in [-0.25, -0.2) is 4.79 Å². The molecule has 2 rings (SSSR count). The summed E-state index contributed by atoms with van der Waals surface area (Å²) in [7, 11) is 0. The molecule has 0 bridgehead atoms. The number of carboxylic acids is 1. The first-order chi connectivity index (χ1) is 8.86. The fourth-order valence-corrected chi connectivity index (χ4v) is 2.61. The quantitative estimate of drug-likeness (QED) is 0.891. The Kier molecular flexibility index (Phi) is 3.85. The number of ether oxygens (including phenoxy) is 1. The maximum absolute atomic E-state index is 11.7. The smallest absolute Gasteiger partial charge is 0.340 e. The lowest BCUT2D eigenvalue weighted by molar-refractivity contribution is -0.182. The molecule has 0 aromatic heterocycles. The van der Waals surface area contributed by atoms with Crippen molar-refractivity contribution in [3.8, 4) is 0 Å². The molecule has 5 heteroatoms. The minimum atomic E-state index is -1.38. The lowest BCUT2D eigenvalue weighted by Gasteiger charge is -2.30. The van der Waals surface area contributed by atoms with Gasteiger partial charge in [0, 0.05) is 5.02 Å². The molecule has 4 nitrogen and oxygen atoms in total. The van der Waals surface area contributed by atoms with E-state index in [9.17, 15) is 15.0 Å². The minimum absolute atomic E-state index is 0.356. The van der Waals surface area contributed by atoms with Crippen molar-refractivity contribution in [2.75, 3.05) is 0 Å². The number of fused-ring (bicyclic) bond motifs is 1. The van der Waals surface area contributed by atoms with Crippen LogP contribution in [0.2, 0.25) is 5.02 Å². The van der Waals surface area contributed by atoms with Crippen molar-refractivity contribution < 1.29 is 19.7 Å². The van der Waals surface area contributed by atoms with Gasteiger partial charge in [0.15, 0.2) is 5.60 Å². The van der Waals surface area contributed by atoms with Gasteiger partial charge in [-0.15, -0.1) is 0 Å². The summed E-state index contributed by atoms with van der Waals surface area (Å²) in [6.45, 7) is 3.25. The highest BCUT2D eigenvalue weighted by Crippen LogP contribution is 2.42. The Labute approximate surface area is 117 Å². The van der Waals surface area contributed by atoms with E-state index in [1.165, 1.54) is 0 Å². The van der Waals surface area contributed by atoms with Crippen molar-refractivity contribution in [3.63, 3.8) is 0 Å². The maximum Gasteiger partial charge on any atom is 0.340 e. The average molecular weight is 285 g/mol. The van der Waals surface area contributed by atoms with Gasteiger partial charge in [-0.2, -0.15) is 0 Å². The first kappa shape index (κ1) is 14.3. The van der Waals surface area contributed by atoms with E-state index in [1.807, 2.05) is 0 Å². The van der Waals surface area contributed by atoms with E-state index >= 15 is 0 Å². The summed E-state index contributed by atoms with van der Waals surface area (Å²) in [6.07, 6.45) is -0.325. The molecule has 1 aromatic carbocycles. The van der Waals surface area contributed by atoms with Crippen LogP contribution in [0.25, 0.3) is 0 Å². The molecule has 0 spiro atoms. The first-order valence-corrected chi connectivity index (χ1v) is 6.63. The van der Waals surface area contributed by atoms with E-state index in [4.69, 9.17) is 16.3 Å². The molecule has 0 heterocycles. The van der Waals surface area contributed by atoms with Crippen molar-refractivity contribution in [2.24, 2.45) is 0 Å². The zero-order valence-corrected chi connectivity index (χ0v) is 11.6. The molecule has 0 aliphatic heterocycles. The Hall–Kier alpha value is -1.10. The molecular formula is C14H17ClO4. The van der Waals surface area contributed by atoms with Gasteiger partial charge in [0.05, 0.1) is 12.2 Å². The van der Waals surface area contributed by atoms with Gasteiger partial charge in [0.1, 0.15) is 0 Å². The van der Waals surface area contributed by atoms with Gasteiger partial charge < -0.3 is 14.9 Å². The average Bonchev–Trinajstić information content (AvgIpc) is 2.68. The number of hydrogen-bond acceptors (Lipinski definition) is 3. The maximum atomic E-state index is 11.7. The van der Waals surface area contributed by atoms with E-state index in [0.717, 1.165) is 5.56 Å². The number of aliphatic carboxylic acids is 1. The molecule has 0 amide bonds. The van der Waals surface area contributed by atoms with E-state index in [2.05, 4.69) is 0 Å². The highest BCUT2D eigenvalue weighted by Gasteiger charge is 2.48. The van der Waals surface area contributed by atoms with E-state index in [1.54, 1.807) is 32.0 Å². The Morgan fingerprint density at radius 3 is 2.74 bits per heavy atom. The van der Waals surface area contributed by atoms with Crippen molar-refractivity contribution in [1.82, 2.24) is 0 Å². The molecule has 1 aliphatic rings. The Bertz CT molecular complexity index is 500. The molecule has 0 fully saturated rings. The number of aryl methyl sites for hydroxylation is 1. The number of aliphatic hydroxyl groups is 1. The van der Waals surface area contributed by atoms with Crippen LogP contribution < -0.4 is 0 Å². The summed E-state index contributed by atoms with van der Waals surface area (Å²) >= 11 is 5.92. The first-order valence-electron chi connectivity index (χ1n) is 6.25. The Morgan fingerprint density at radius 2 is 2.16 bits per heavy atom. The molecule has 1 aliphatic carbocycles. The van der Waals surface area contributed by atoms with Crippen LogP contribution in [0.5, 0.6) is 0 Å². The van der Waals surface area contributed by atoms with Crippen molar-refractivity contribution in [1.29, 1.82) is 0 Å². The number of aliphatic hydroxyl groups excluding tert-OH is 1. The van der Waals surface area contributed by atoms with Gasteiger partial charge in [0.2, 0.25) is 0 Å². The number of carbonyl (C=O) groups is 1. The normalized spacial score (nSPS) is 24.8. The Balaban J connectivity index is 2.42. The van der Waals surface area contributed by atoms with Crippen LogP contribution in [0.4, 0.5) is 0 Å². The lowest BCUT2D eigenvalue weighted by atomic mass is 9.95. The third-order valence-electron chi connectivity index (χ3n) is 3.66. The van der Waals surface area contributed by atoms with E-state index in [-0.39, 0.29) is 0 Å². The second-order valence-corrected chi connectivity index (χ2v) is 5.43. The summed E-state index contributed by atoms with van der Waals surface area (Å²) in [6, 6.07) is 5.14. The molecule has 2 N–H and O–H groups in total. The summed E-state index contributed by atoms with van der Waals surface area (Å²) < 4.78 is 5.70. The zero-order chi connectivity index (χ0) is 14.2. The zero-order valence-electron chi connectivity index (χ0n) is 10.9. The molecule has 3 atom stereocenters.